The Bertz CT molecular complexity index is 1270. The van der Waals surface area contributed by atoms with E-state index in [1.165, 1.54) is 31.4 Å². The van der Waals surface area contributed by atoms with Crippen molar-refractivity contribution in [2.45, 2.75) is 30.7 Å². The van der Waals surface area contributed by atoms with E-state index in [0.717, 1.165) is 6.07 Å². The lowest BCUT2D eigenvalue weighted by molar-refractivity contribution is -0.277. The van der Waals surface area contributed by atoms with Crippen LogP contribution in [0.5, 0.6) is 28.7 Å². The fraction of sp³-hybridized carbons (Fsp3) is 0.318. The molecule has 1 aliphatic heterocycles. The normalized spacial score (nSPS) is 24.8. The molecule has 34 heavy (non-hydrogen) atoms. The lowest BCUT2D eigenvalue weighted by Crippen LogP contribution is -2.60. The molecule has 182 valence electrons. The number of fused-ring (bicyclic) bond motifs is 1. The van der Waals surface area contributed by atoms with Crippen molar-refractivity contribution in [2.75, 3.05) is 13.7 Å². The Morgan fingerprint density at radius 2 is 1.71 bits per heavy atom. The Hall–Kier alpha value is -3.55. The number of aliphatic hydroxyl groups is 4. The molecule has 0 amide bonds. The summed E-state index contributed by atoms with van der Waals surface area (Å²) < 4.78 is 21.4. The topological polar surface area (TPSA) is 200 Å². The summed E-state index contributed by atoms with van der Waals surface area (Å²) in [5.41, 5.74) is -0.962. The number of hydrogen-bond donors (Lipinski definition) is 7. The lowest BCUT2D eigenvalue weighted by atomic mass is 9.99. The minimum atomic E-state index is -1.71. The molecule has 0 spiro atoms. The molecule has 3 aromatic rings. The molecule has 1 aromatic heterocycles. The number of methoxy groups -OCH3 is 1. The Kier molecular flexibility index (Phi) is 6.25. The van der Waals surface area contributed by atoms with Crippen LogP contribution in [0.15, 0.2) is 39.5 Å². The largest absolute Gasteiger partial charge is 0.507 e. The number of aliphatic hydroxyl groups excluding tert-OH is 4. The zero-order valence-corrected chi connectivity index (χ0v) is 17.7. The maximum Gasteiger partial charge on any atom is 0.238 e. The van der Waals surface area contributed by atoms with Gasteiger partial charge in [0.15, 0.2) is 17.3 Å². The Balaban J connectivity index is 1.77. The average Bonchev–Trinajstić information content (AvgIpc) is 2.81. The van der Waals surface area contributed by atoms with E-state index in [9.17, 15) is 40.5 Å². The van der Waals surface area contributed by atoms with Gasteiger partial charge in [0.05, 0.1) is 13.7 Å². The van der Waals surface area contributed by atoms with Gasteiger partial charge < -0.3 is 54.4 Å². The molecule has 0 bridgehead atoms. The van der Waals surface area contributed by atoms with Crippen LogP contribution in [-0.2, 0) is 4.74 Å². The number of phenolic OH excluding ortho intramolecular Hbond substituents is 2. The first kappa shape index (κ1) is 23.6. The third-order valence-electron chi connectivity index (χ3n) is 5.47. The SMILES string of the molecule is COc1cc(-c2oc3cc(OC4O[C@H](CO)[C@@H](O)[C@H](O)[C@H]4O)cc(O)c3c(=O)c2O)ccc1O. The maximum absolute atomic E-state index is 12.7. The molecular formula is C22H22O12. The van der Waals surface area contributed by atoms with Gasteiger partial charge in [-0.2, -0.15) is 0 Å². The van der Waals surface area contributed by atoms with Crippen LogP contribution in [0.4, 0.5) is 0 Å². The third-order valence-corrected chi connectivity index (χ3v) is 5.47. The van der Waals surface area contributed by atoms with Gasteiger partial charge >= 0.3 is 0 Å². The molecule has 0 saturated carbocycles. The fourth-order valence-electron chi connectivity index (χ4n) is 3.65. The summed E-state index contributed by atoms with van der Waals surface area (Å²) in [6.45, 7) is -0.665. The van der Waals surface area contributed by atoms with Gasteiger partial charge in [0.2, 0.25) is 17.5 Å². The van der Waals surface area contributed by atoms with Crippen molar-refractivity contribution in [1.29, 1.82) is 0 Å². The molecule has 2 heterocycles. The molecule has 0 aliphatic carbocycles. The summed E-state index contributed by atoms with van der Waals surface area (Å²) in [6, 6.07) is 6.15. The molecule has 0 radical (unpaired) electrons. The molecule has 12 nitrogen and oxygen atoms in total. The van der Waals surface area contributed by atoms with Gasteiger partial charge in [-0.25, -0.2) is 0 Å². The second-order valence-electron chi connectivity index (χ2n) is 7.63. The molecule has 1 unspecified atom stereocenters. The number of phenols is 2. The predicted molar refractivity (Wildman–Crippen MR) is 114 cm³/mol. The van der Waals surface area contributed by atoms with Crippen LogP contribution in [0.1, 0.15) is 0 Å². The van der Waals surface area contributed by atoms with E-state index < -0.39 is 54.2 Å². The van der Waals surface area contributed by atoms with Crippen LogP contribution in [-0.4, -0.2) is 80.2 Å². The fourth-order valence-corrected chi connectivity index (χ4v) is 3.65. The highest BCUT2D eigenvalue weighted by atomic mass is 16.7. The summed E-state index contributed by atoms with van der Waals surface area (Å²) in [5.74, 6) is -1.96. The Morgan fingerprint density at radius 3 is 2.38 bits per heavy atom. The van der Waals surface area contributed by atoms with Crippen molar-refractivity contribution in [1.82, 2.24) is 0 Å². The van der Waals surface area contributed by atoms with E-state index in [-0.39, 0.29) is 39.5 Å². The molecule has 7 N–H and O–H groups in total. The average molecular weight is 478 g/mol. The predicted octanol–water partition coefficient (Wildman–Crippen LogP) is -0.236. The quantitative estimate of drug-likeness (QED) is 0.254. The van der Waals surface area contributed by atoms with Gasteiger partial charge in [-0.3, -0.25) is 4.79 Å². The van der Waals surface area contributed by atoms with Crippen molar-refractivity contribution in [3.8, 4) is 40.1 Å². The summed E-state index contributed by atoms with van der Waals surface area (Å²) in [7, 11) is 1.32. The van der Waals surface area contributed by atoms with E-state index in [4.69, 9.17) is 18.6 Å². The highest BCUT2D eigenvalue weighted by Gasteiger charge is 2.44. The van der Waals surface area contributed by atoms with E-state index in [1.807, 2.05) is 0 Å². The molecule has 2 aromatic carbocycles. The van der Waals surface area contributed by atoms with Gasteiger partial charge in [-0.15, -0.1) is 0 Å². The summed E-state index contributed by atoms with van der Waals surface area (Å²) in [5, 5.41) is 69.5. The minimum Gasteiger partial charge on any atom is -0.507 e. The van der Waals surface area contributed by atoms with Crippen molar-refractivity contribution in [3.63, 3.8) is 0 Å². The van der Waals surface area contributed by atoms with Gasteiger partial charge in [0.1, 0.15) is 46.9 Å². The van der Waals surface area contributed by atoms with Crippen LogP contribution in [0.25, 0.3) is 22.3 Å². The van der Waals surface area contributed by atoms with Gasteiger partial charge in [-0.1, -0.05) is 0 Å². The smallest absolute Gasteiger partial charge is 0.238 e. The van der Waals surface area contributed by atoms with Crippen LogP contribution in [0, 0.1) is 0 Å². The molecule has 1 aliphatic rings. The van der Waals surface area contributed by atoms with Crippen LogP contribution >= 0.6 is 0 Å². The van der Waals surface area contributed by atoms with E-state index >= 15 is 0 Å². The zero-order chi connectivity index (χ0) is 24.7. The molecule has 4 rings (SSSR count). The molecular weight excluding hydrogens is 456 g/mol. The third kappa shape index (κ3) is 3.97. The minimum absolute atomic E-state index is 0.0576. The van der Waals surface area contributed by atoms with Crippen LogP contribution in [0.3, 0.4) is 0 Å². The summed E-state index contributed by atoms with van der Waals surface area (Å²) in [4.78, 5) is 12.7. The molecule has 12 heteroatoms. The maximum atomic E-state index is 12.7. The standard InChI is InChI=1S/C22H22O12/c1-31-12-4-8(2-3-10(12)24)21-19(29)17(27)15-11(25)5-9(6-13(15)33-21)32-22-20(30)18(28)16(26)14(7-23)34-22/h2-6,14,16,18,20,22-26,28-30H,7H2,1H3/t14-,16-,18+,20-,22?/m1/s1. The first-order valence-electron chi connectivity index (χ1n) is 10.0. The van der Waals surface area contributed by atoms with E-state index in [2.05, 4.69) is 0 Å². The molecule has 5 atom stereocenters. The first-order chi connectivity index (χ1) is 16.2. The zero-order valence-electron chi connectivity index (χ0n) is 17.7. The van der Waals surface area contributed by atoms with Crippen LogP contribution in [0.2, 0.25) is 0 Å². The number of hydrogen-bond acceptors (Lipinski definition) is 12. The lowest BCUT2D eigenvalue weighted by Gasteiger charge is -2.39. The van der Waals surface area contributed by atoms with Crippen molar-refractivity contribution in [3.05, 3.63) is 40.6 Å². The highest BCUT2D eigenvalue weighted by Crippen LogP contribution is 2.38. The van der Waals surface area contributed by atoms with Gasteiger partial charge in [-0.05, 0) is 18.2 Å². The molecule has 1 fully saturated rings. The Morgan fingerprint density at radius 1 is 0.971 bits per heavy atom. The first-order valence-corrected chi connectivity index (χ1v) is 10.0. The second kappa shape index (κ2) is 9.00. The van der Waals surface area contributed by atoms with Crippen LogP contribution < -0.4 is 14.9 Å². The molecule has 1 saturated heterocycles. The van der Waals surface area contributed by atoms with Gasteiger partial charge in [0, 0.05) is 17.7 Å². The van der Waals surface area contributed by atoms with Gasteiger partial charge in [0.25, 0.3) is 0 Å². The highest BCUT2D eigenvalue weighted by molar-refractivity contribution is 5.88. The number of benzene rings is 2. The number of rotatable bonds is 5. The second-order valence-corrected chi connectivity index (χ2v) is 7.63. The summed E-state index contributed by atoms with van der Waals surface area (Å²) >= 11 is 0. The number of aromatic hydroxyl groups is 3. The monoisotopic (exact) mass is 478 g/mol. The van der Waals surface area contributed by atoms with Crippen molar-refractivity contribution >= 4 is 11.0 Å². The van der Waals surface area contributed by atoms with E-state index in [1.54, 1.807) is 0 Å². The Labute approximate surface area is 191 Å². The van der Waals surface area contributed by atoms with Crippen molar-refractivity contribution in [2.24, 2.45) is 0 Å². The summed E-state index contributed by atoms with van der Waals surface area (Å²) in [6.07, 6.45) is -7.74. The number of ether oxygens (including phenoxy) is 3. The van der Waals surface area contributed by atoms with Crippen molar-refractivity contribution < 1.29 is 54.4 Å². The van der Waals surface area contributed by atoms with E-state index in [0.29, 0.717) is 0 Å².